The highest BCUT2D eigenvalue weighted by Crippen LogP contribution is 2.42. The lowest BCUT2D eigenvalue weighted by Gasteiger charge is -2.24. The van der Waals surface area contributed by atoms with Crippen LogP contribution < -0.4 is 9.84 Å². The molecule has 0 saturated carbocycles. The lowest BCUT2D eigenvalue weighted by atomic mass is 9.99. The molecule has 0 amide bonds. The van der Waals surface area contributed by atoms with E-state index in [2.05, 4.69) is 20.3 Å². The Balaban J connectivity index is 1.52. The average molecular weight is 454 g/mol. The fraction of sp³-hybridized carbons (Fsp3) is 0.389. The number of benzene rings is 1. The van der Waals surface area contributed by atoms with E-state index in [0.717, 1.165) is 0 Å². The summed E-state index contributed by atoms with van der Waals surface area (Å²) in [7, 11) is -1.07. The number of rotatable bonds is 7. The molecule has 1 fully saturated rings. The Morgan fingerprint density at radius 3 is 2.81 bits per heavy atom. The summed E-state index contributed by atoms with van der Waals surface area (Å²) in [6, 6.07) is 8.35. The zero-order valence-electron chi connectivity index (χ0n) is 16.5. The fourth-order valence-electron chi connectivity index (χ4n) is 3.26. The molecule has 5 atom stereocenters. The van der Waals surface area contributed by atoms with Crippen LogP contribution >= 0.6 is 8.25 Å². The number of ether oxygens (including phenoxy) is 1. The van der Waals surface area contributed by atoms with E-state index in [9.17, 15) is 18.5 Å². The first-order chi connectivity index (χ1) is 14.8. The number of anilines is 1. The summed E-state index contributed by atoms with van der Waals surface area (Å²) < 4.78 is 58.1. The van der Waals surface area contributed by atoms with Crippen LogP contribution in [-0.4, -0.2) is 56.2 Å². The molecule has 4 rings (SSSR count). The van der Waals surface area contributed by atoms with Crippen molar-refractivity contribution in [1.82, 2.24) is 19.5 Å². The van der Waals surface area contributed by atoms with E-state index in [1.165, 1.54) is 24.9 Å². The minimum absolute atomic E-state index is 0.0136. The third-order valence-corrected chi connectivity index (χ3v) is 5.57. The zero-order chi connectivity index (χ0) is 22.2. The van der Waals surface area contributed by atoms with Gasteiger partial charge in [-0.25, -0.2) is 13.9 Å². The lowest BCUT2D eigenvalue weighted by molar-refractivity contribution is -0.110. The molecule has 31 heavy (non-hydrogen) atoms. The summed E-state index contributed by atoms with van der Waals surface area (Å²) in [4.78, 5) is 11.3. The average Bonchev–Trinajstić information content (AvgIpc) is 3.27. The quantitative estimate of drug-likeness (QED) is 0.410. The summed E-state index contributed by atoms with van der Waals surface area (Å²) >= 11 is 0. The van der Waals surface area contributed by atoms with Crippen LogP contribution in [0.1, 0.15) is 13.2 Å². The maximum Gasteiger partial charge on any atom is 0.750 e. The van der Waals surface area contributed by atoms with Crippen molar-refractivity contribution in [3.8, 4) is 5.75 Å². The second-order valence-electron chi connectivity index (χ2n) is 7.03. The first-order valence-corrected chi connectivity index (χ1v) is 10.3. The summed E-state index contributed by atoms with van der Waals surface area (Å²) in [6.07, 6.45) is -4.75. The van der Waals surface area contributed by atoms with E-state index in [-0.39, 0.29) is 17.0 Å². The molecule has 0 radical (unpaired) electrons. The number of nitrogens with zero attached hydrogens (tertiary/aromatic N) is 4. The molecule has 1 saturated heterocycles. The Morgan fingerprint density at radius 2 is 2.10 bits per heavy atom. The van der Waals surface area contributed by atoms with Gasteiger partial charge in [0, 0.05) is 11.6 Å². The molecule has 10 nitrogen and oxygen atoms in total. The molecule has 0 bridgehead atoms. The summed E-state index contributed by atoms with van der Waals surface area (Å²) in [6.45, 7) is 0.981. The maximum absolute atomic E-state index is 15.0. The Hall–Kier alpha value is -2.79. The van der Waals surface area contributed by atoms with Crippen molar-refractivity contribution < 1.29 is 32.2 Å². The molecule has 13 heteroatoms. The van der Waals surface area contributed by atoms with Crippen molar-refractivity contribution in [3.05, 3.63) is 42.7 Å². The largest absolute Gasteiger partial charge is 0.750 e. The molecular weight excluding hydrogens is 435 g/mol. The van der Waals surface area contributed by atoms with Crippen molar-refractivity contribution in [2.24, 2.45) is 0 Å². The highest BCUT2D eigenvalue weighted by molar-refractivity contribution is 7.33. The third-order valence-electron chi connectivity index (χ3n) is 4.87. The number of nitrogens with one attached hydrogen (secondary N) is 1. The van der Waals surface area contributed by atoms with Gasteiger partial charge in [0.25, 0.3) is 0 Å². The van der Waals surface area contributed by atoms with Gasteiger partial charge in [-0.2, -0.15) is 14.4 Å². The molecule has 2 N–H and O–H groups in total. The first-order valence-electron chi connectivity index (χ1n) is 9.23. The second kappa shape index (κ2) is 8.39. The smallest absolute Gasteiger partial charge is 0.387 e. The van der Waals surface area contributed by atoms with Crippen molar-refractivity contribution in [1.29, 1.82) is 0 Å². The Bertz CT molecular complexity index is 1100. The molecule has 0 spiro atoms. The Kier molecular flexibility index (Phi) is 5.80. The first kappa shape index (κ1) is 21.4. The number of aliphatic hydroxyl groups excluding tert-OH is 1. The highest BCUT2D eigenvalue weighted by atomic mass is 31.1. The molecular formula is C18H19F2N5O5P+. The maximum atomic E-state index is 15.0. The van der Waals surface area contributed by atoms with Gasteiger partial charge in [0.2, 0.25) is 0 Å². The number of fused-ring (bicyclic) bond motifs is 1. The normalized spacial score (nSPS) is 26.2. The number of alkyl halides is 1. The molecule has 1 aromatic carbocycles. The Morgan fingerprint density at radius 1 is 1.35 bits per heavy atom. The van der Waals surface area contributed by atoms with E-state index in [1.54, 1.807) is 30.3 Å². The minimum Gasteiger partial charge on any atom is -0.387 e. The van der Waals surface area contributed by atoms with E-state index < -0.39 is 45.0 Å². The number of para-hydroxylation sites is 1. The van der Waals surface area contributed by atoms with Crippen molar-refractivity contribution >= 4 is 25.2 Å². The van der Waals surface area contributed by atoms with Gasteiger partial charge in [0.1, 0.15) is 18.3 Å². The molecule has 0 aliphatic carbocycles. The van der Waals surface area contributed by atoms with Gasteiger partial charge in [0.05, 0.1) is 6.33 Å². The van der Waals surface area contributed by atoms with Crippen LogP contribution in [0.5, 0.6) is 5.75 Å². The van der Waals surface area contributed by atoms with Gasteiger partial charge in [-0.05, 0) is 19.1 Å². The number of imidazole rings is 1. The summed E-state index contributed by atoms with van der Waals surface area (Å²) in [5.41, 5.74) is -1.37. The van der Waals surface area contributed by atoms with Crippen LogP contribution in [0.2, 0.25) is 0 Å². The van der Waals surface area contributed by atoms with Crippen molar-refractivity contribution in [3.63, 3.8) is 0 Å². The molecule has 2 aromatic heterocycles. The molecule has 3 heterocycles. The number of hydrogen-bond acceptors (Lipinski definition) is 9. The SMILES string of the molecule is CNc1nc(F)nc2c1ncn2[C@@H]1O[C@](C)(CO[P+](=O)Oc2ccccc2)[C@@H](O)[C@H]1F. The van der Waals surface area contributed by atoms with Gasteiger partial charge in [-0.3, -0.25) is 4.57 Å². The van der Waals surface area contributed by atoms with Crippen LogP contribution in [0.15, 0.2) is 36.7 Å². The van der Waals surface area contributed by atoms with Crippen LogP contribution in [0.3, 0.4) is 0 Å². The summed E-state index contributed by atoms with van der Waals surface area (Å²) in [5, 5.41) is 13.1. The standard InChI is InChI=1S/C18H19F2N5O5P/c1-18(8-28-31(27)30-10-6-4-3-5-7-10)13(26)11(19)16(29-18)25-9-22-12-14(21-2)23-17(20)24-15(12)25/h3-7,9,11,13,16,26H,8H2,1-2H3,(H,21,23,24)/q+1/t11-,13+,16-,18-/m1/s1. The molecule has 164 valence electrons. The van der Waals surface area contributed by atoms with Crippen LogP contribution in [0.4, 0.5) is 14.6 Å². The second-order valence-corrected chi connectivity index (χ2v) is 7.92. The summed E-state index contributed by atoms with van der Waals surface area (Å²) in [5.74, 6) is 0.450. The van der Waals surface area contributed by atoms with E-state index in [4.69, 9.17) is 13.8 Å². The Labute approximate surface area is 176 Å². The topological polar surface area (TPSA) is 121 Å². The van der Waals surface area contributed by atoms with E-state index >= 15 is 0 Å². The number of aromatic nitrogens is 4. The van der Waals surface area contributed by atoms with Crippen molar-refractivity contribution in [2.75, 3.05) is 19.0 Å². The number of hydrogen-bond donors (Lipinski definition) is 2. The predicted octanol–water partition coefficient (Wildman–Crippen LogP) is 2.75. The van der Waals surface area contributed by atoms with Gasteiger partial charge in [-0.15, -0.1) is 4.52 Å². The minimum atomic E-state index is -2.60. The lowest BCUT2D eigenvalue weighted by Crippen LogP contribution is -2.42. The van der Waals surface area contributed by atoms with Crippen LogP contribution in [-0.2, 0) is 13.8 Å². The zero-order valence-corrected chi connectivity index (χ0v) is 17.4. The molecule has 1 unspecified atom stereocenters. The fourth-order valence-corrected chi connectivity index (χ4v) is 3.97. The monoisotopic (exact) mass is 454 g/mol. The van der Waals surface area contributed by atoms with Gasteiger partial charge >= 0.3 is 14.3 Å². The highest BCUT2D eigenvalue weighted by Gasteiger charge is 2.55. The van der Waals surface area contributed by atoms with Gasteiger partial charge in [-0.1, -0.05) is 18.2 Å². The molecule has 1 aliphatic rings. The van der Waals surface area contributed by atoms with E-state index in [1.807, 2.05) is 0 Å². The predicted molar refractivity (Wildman–Crippen MR) is 105 cm³/mol. The molecule has 3 aromatic rings. The van der Waals surface area contributed by atoms with Crippen LogP contribution in [0.25, 0.3) is 11.2 Å². The number of halogens is 2. The third kappa shape index (κ3) is 4.07. The van der Waals surface area contributed by atoms with Crippen molar-refractivity contribution in [2.45, 2.75) is 31.0 Å². The van der Waals surface area contributed by atoms with Gasteiger partial charge < -0.3 is 15.2 Å². The van der Waals surface area contributed by atoms with Gasteiger partial charge in [0.15, 0.2) is 35.1 Å². The number of aliphatic hydroxyl groups is 1. The van der Waals surface area contributed by atoms with Crippen LogP contribution in [0, 0.1) is 6.08 Å². The van der Waals surface area contributed by atoms with E-state index in [0.29, 0.717) is 5.75 Å². The molecule has 1 aliphatic heterocycles.